The van der Waals surface area contributed by atoms with Crippen LogP contribution in [0.4, 0.5) is 0 Å². The maximum atomic E-state index is 6.11. The van der Waals surface area contributed by atoms with Gasteiger partial charge in [0.15, 0.2) is 0 Å². The zero-order chi connectivity index (χ0) is 14.5. The zero-order valence-corrected chi connectivity index (χ0v) is 13.3. The SMILES string of the molecule is CCc1ccc(OC(CNC(C)(C)C)C(C)C)cc1. The lowest BCUT2D eigenvalue weighted by Crippen LogP contribution is -2.44. The maximum absolute atomic E-state index is 6.11. The Morgan fingerprint density at radius 2 is 1.68 bits per heavy atom. The van der Waals surface area contributed by atoms with Crippen molar-refractivity contribution in [3.63, 3.8) is 0 Å². The molecule has 1 unspecified atom stereocenters. The van der Waals surface area contributed by atoms with Crippen LogP contribution >= 0.6 is 0 Å². The average Bonchev–Trinajstić information content (AvgIpc) is 2.33. The molecule has 19 heavy (non-hydrogen) atoms. The van der Waals surface area contributed by atoms with Gasteiger partial charge in [-0.3, -0.25) is 0 Å². The van der Waals surface area contributed by atoms with Crippen LogP contribution < -0.4 is 10.1 Å². The highest BCUT2D eigenvalue weighted by molar-refractivity contribution is 5.27. The topological polar surface area (TPSA) is 21.3 Å². The third kappa shape index (κ3) is 6.11. The smallest absolute Gasteiger partial charge is 0.119 e. The lowest BCUT2D eigenvalue weighted by Gasteiger charge is -2.28. The van der Waals surface area contributed by atoms with Gasteiger partial charge in [0.2, 0.25) is 0 Å². The summed E-state index contributed by atoms with van der Waals surface area (Å²) < 4.78 is 6.11. The zero-order valence-electron chi connectivity index (χ0n) is 13.3. The standard InChI is InChI=1S/C17H29NO/c1-7-14-8-10-15(11-9-14)19-16(13(2)3)12-18-17(4,5)6/h8-11,13,16,18H,7,12H2,1-6H3. The van der Waals surface area contributed by atoms with E-state index in [0.29, 0.717) is 5.92 Å². The number of benzene rings is 1. The predicted molar refractivity (Wildman–Crippen MR) is 82.8 cm³/mol. The van der Waals surface area contributed by atoms with Crippen LogP contribution in [0.25, 0.3) is 0 Å². The highest BCUT2D eigenvalue weighted by Gasteiger charge is 2.18. The molecule has 0 amide bonds. The van der Waals surface area contributed by atoms with E-state index in [1.165, 1.54) is 5.56 Å². The second-order valence-electron chi connectivity index (χ2n) is 6.53. The monoisotopic (exact) mass is 263 g/mol. The number of aryl methyl sites for hydroxylation is 1. The predicted octanol–water partition coefficient (Wildman–Crippen LogP) is 4.04. The number of hydrogen-bond donors (Lipinski definition) is 1. The Bertz CT molecular complexity index is 362. The fourth-order valence-corrected chi connectivity index (χ4v) is 1.80. The molecule has 0 bridgehead atoms. The van der Waals surface area contributed by atoms with E-state index in [0.717, 1.165) is 18.7 Å². The summed E-state index contributed by atoms with van der Waals surface area (Å²) in [6.07, 6.45) is 1.27. The Kier molecular flexibility index (Phi) is 5.86. The fraction of sp³-hybridized carbons (Fsp3) is 0.647. The van der Waals surface area contributed by atoms with E-state index in [9.17, 15) is 0 Å². The minimum atomic E-state index is 0.128. The quantitative estimate of drug-likeness (QED) is 0.836. The summed E-state index contributed by atoms with van der Waals surface area (Å²) in [7, 11) is 0. The third-order valence-electron chi connectivity index (χ3n) is 3.20. The molecule has 108 valence electrons. The molecule has 0 spiro atoms. The molecule has 0 saturated heterocycles. The van der Waals surface area contributed by atoms with Crippen molar-refractivity contribution in [2.75, 3.05) is 6.54 Å². The molecule has 1 aromatic rings. The molecule has 0 fully saturated rings. The molecule has 0 radical (unpaired) electrons. The van der Waals surface area contributed by atoms with Crippen LogP contribution in [0.1, 0.15) is 47.1 Å². The number of hydrogen-bond acceptors (Lipinski definition) is 2. The first-order chi connectivity index (χ1) is 8.81. The first kappa shape index (κ1) is 16.0. The molecular weight excluding hydrogens is 234 g/mol. The van der Waals surface area contributed by atoms with E-state index in [1.807, 2.05) is 0 Å². The van der Waals surface area contributed by atoms with E-state index in [4.69, 9.17) is 4.74 Å². The second-order valence-corrected chi connectivity index (χ2v) is 6.53. The van der Waals surface area contributed by atoms with Gasteiger partial charge in [0, 0.05) is 12.1 Å². The molecule has 2 nitrogen and oxygen atoms in total. The molecule has 0 saturated carbocycles. The van der Waals surface area contributed by atoms with Crippen molar-refractivity contribution in [2.45, 2.75) is 59.6 Å². The first-order valence-electron chi connectivity index (χ1n) is 7.32. The highest BCUT2D eigenvalue weighted by atomic mass is 16.5. The van der Waals surface area contributed by atoms with E-state index < -0.39 is 0 Å². The summed E-state index contributed by atoms with van der Waals surface area (Å²) in [6.45, 7) is 14.0. The lowest BCUT2D eigenvalue weighted by molar-refractivity contribution is 0.139. The van der Waals surface area contributed by atoms with Crippen molar-refractivity contribution in [3.8, 4) is 5.75 Å². The van der Waals surface area contributed by atoms with Gasteiger partial charge in [-0.05, 0) is 50.8 Å². The van der Waals surface area contributed by atoms with Crippen LogP contribution in [-0.2, 0) is 6.42 Å². The van der Waals surface area contributed by atoms with Gasteiger partial charge >= 0.3 is 0 Å². The molecule has 2 heteroatoms. The molecule has 1 N–H and O–H groups in total. The van der Waals surface area contributed by atoms with Gasteiger partial charge in [-0.2, -0.15) is 0 Å². The van der Waals surface area contributed by atoms with Crippen molar-refractivity contribution >= 4 is 0 Å². The van der Waals surface area contributed by atoms with E-state index in [2.05, 4.69) is 71.1 Å². The molecule has 1 atom stereocenters. The molecule has 0 aliphatic rings. The largest absolute Gasteiger partial charge is 0.489 e. The van der Waals surface area contributed by atoms with Crippen LogP contribution in [0, 0.1) is 5.92 Å². The minimum absolute atomic E-state index is 0.128. The van der Waals surface area contributed by atoms with Crippen LogP contribution in [0.5, 0.6) is 5.75 Å². The molecule has 0 aliphatic heterocycles. The third-order valence-corrected chi connectivity index (χ3v) is 3.20. The Labute approximate surface area is 118 Å². The summed E-state index contributed by atoms with van der Waals surface area (Å²) in [5, 5.41) is 3.52. The summed E-state index contributed by atoms with van der Waals surface area (Å²) in [6, 6.07) is 8.43. The van der Waals surface area contributed by atoms with Gasteiger partial charge < -0.3 is 10.1 Å². The van der Waals surface area contributed by atoms with Gasteiger partial charge in [0.1, 0.15) is 11.9 Å². The number of nitrogens with one attached hydrogen (secondary N) is 1. The highest BCUT2D eigenvalue weighted by Crippen LogP contribution is 2.17. The number of ether oxygens (including phenoxy) is 1. The van der Waals surface area contributed by atoms with E-state index >= 15 is 0 Å². The van der Waals surface area contributed by atoms with Crippen LogP contribution in [0.3, 0.4) is 0 Å². The normalized spacial score (nSPS) is 13.6. The minimum Gasteiger partial charge on any atom is -0.489 e. The van der Waals surface area contributed by atoms with Crippen LogP contribution in [-0.4, -0.2) is 18.2 Å². The maximum Gasteiger partial charge on any atom is 0.119 e. The lowest BCUT2D eigenvalue weighted by atomic mass is 10.0. The molecular formula is C17H29NO. The van der Waals surface area contributed by atoms with Crippen molar-refractivity contribution < 1.29 is 4.74 Å². The summed E-state index contributed by atoms with van der Waals surface area (Å²) >= 11 is 0. The Morgan fingerprint density at radius 3 is 2.11 bits per heavy atom. The van der Waals surface area contributed by atoms with E-state index in [-0.39, 0.29) is 11.6 Å². The van der Waals surface area contributed by atoms with Crippen molar-refractivity contribution in [1.29, 1.82) is 0 Å². The molecule has 1 aromatic carbocycles. The molecule has 0 aromatic heterocycles. The van der Waals surface area contributed by atoms with Gasteiger partial charge in [-0.1, -0.05) is 32.9 Å². The Morgan fingerprint density at radius 1 is 1.11 bits per heavy atom. The Balaban J connectivity index is 2.62. The van der Waals surface area contributed by atoms with Crippen LogP contribution in [0.15, 0.2) is 24.3 Å². The molecule has 0 heterocycles. The average molecular weight is 263 g/mol. The van der Waals surface area contributed by atoms with Crippen molar-refractivity contribution in [3.05, 3.63) is 29.8 Å². The van der Waals surface area contributed by atoms with Gasteiger partial charge in [0.05, 0.1) is 0 Å². The summed E-state index contributed by atoms with van der Waals surface area (Å²) in [5.41, 5.74) is 1.48. The second kappa shape index (κ2) is 6.95. The van der Waals surface area contributed by atoms with Crippen LogP contribution in [0.2, 0.25) is 0 Å². The summed E-state index contributed by atoms with van der Waals surface area (Å²) in [4.78, 5) is 0. The molecule has 1 rings (SSSR count). The van der Waals surface area contributed by atoms with Gasteiger partial charge in [-0.25, -0.2) is 0 Å². The van der Waals surface area contributed by atoms with Gasteiger partial charge in [-0.15, -0.1) is 0 Å². The van der Waals surface area contributed by atoms with Gasteiger partial charge in [0.25, 0.3) is 0 Å². The molecule has 0 aliphatic carbocycles. The number of rotatable bonds is 6. The van der Waals surface area contributed by atoms with Crippen molar-refractivity contribution in [2.24, 2.45) is 5.92 Å². The Hall–Kier alpha value is -1.02. The van der Waals surface area contributed by atoms with E-state index in [1.54, 1.807) is 0 Å². The fourth-order valence-electron chi connectivity index (χ4n) is 1.80. The van der Waals surface area contributed by atoms with Crippen molar-refractivity contribution in [1.82, 2.24) is 5.32 Å². The first-order valence-corrected chi connectivity index (χ1v) is 7.32. The summed E-state index contributed by atoms with van der Waals surface area (Å²) in [5.74, 6) is 1.45.